The van der Waals surface area contributed by atoms with Crippen molar-refractivity contribution in [3.8, 4) is 0 Å². The summed E-state index contributed by atoms with van der Waals surface area (Å²) in [6, 6.07) is 13.4. The molecule has 1 aromatic carbocycles. The lowest BCUT2D eigenvalue weighted by atomic mass is 10.1. The van der Waals surface area contributed by atoms with Crippen LogP contribution in [0, 0.1) is 0 Å². The first-order chi connectivity index (χ1) is 9.25. The number of aromatic nitrogens is 1. The van der Waals surface area contributed by atoms with Crippen LogP contribution in [0.25, 0.3) is 0 Å². The Balaban J connectivity index is 1.82. The maximum absolute atomic E-state index is 11.8. The number of rotatable bonds is 4. The van der Waals surface area contributed by atoms with E-state index >= 15 is 0 Å². The molecule has 1 atom stereocenters. The van der Waals surface area contributed by atoms with Gasteiger partial charge in [0.05, 0.1) is 6.04 Å². The van der Waals surface area contributed by atoms with Crippen LogP contribution < -0.4 is 10.6 Å². The highest BCUT2D eigenvalue weighted by molar-refractivity contribution is 5.74. The first-order valence-electron chi connectivity index (χ1n) is 6.24. The number of nitrogens with one attached hydrogen (secondary N) is 2. The van der Waals surface area contributed by atoms with Crippen LogP contribution in [0.15, 0.2) is 54.9 Å². The highest BCUT2D eigenvalue weighted by Crippen LogP contribution is 2.10. The molecule has 0 aliphatic carbocycles. The van der Waals surface area contributed by atoms with Crippen molar-refractivity contribution >= 4 is 6.03 Å². The van der Waals surface area contributed by atoms with Crippen molar-refractivity contribution in [1.29, 1.82) is 0 Å². The molecule has 0 aliphatic heterocycles. The Morgan fingerprint density at radius 3 is 2.68 bits per heavy atom. The second-order valence-corrected chi connectivity index (χ2v) is 4.32. The van der Waals surface area contributed by atoms with Crippen molar-refractivity contribution < 1.29 is 4.79 Å². The van der Waals surface area contributed by atoms with Gasteiger partial charge in [-0.3, -0.25) is 4.98 Å². The van der Waals surface area contributed by atoms with E-state index in [4.69, 9.17) is 0 Å². The standard InChI is InChI=1S/C15H17N3O/c1-12(14-7-3-2-4-8-14)18-15(19)17-11-13-6-5-9-16-10-13/h2-10,12H,11H2,1H3,(H2,17,18,19)/t12-/m0/s1. The number of hydrogen-bond donors (Lipinski definition) is 2. The van der Waals surface area contributed by atoms with Gasteiger partial charge in [-0.15, -0.1) is 0 Å². The van der Waals surface area contributed by atoms with E-state index in [0.29, 0.717) is 6.54 Å². The molecule has 0 radical (unpaired) electrons. The van der Waals surface area contributed by atoms with Gasteiger partial charge in [0.1, 0.15) is 0 Å². The largest absolute Gasteiger partial charge is 0.334 e. The maximum atomic E-state index is 11.8. The SMILES string of the molecule is C[C@H](NC(=O)NCc1cccnc1)c1ccccc1. The van der Waals surface area contributed by atoms with Crippen molar-refractivity contribution in [3.05, 3.63) is 66.0 Å². The monoisotopic (exact) mass is 255 g/mol. The smallest absolute Gasteiger partial charge is 0.315 e. The molecule has 1 aromatic heterocycles. The van der Waals surface area contributed by atoms with Gasteiger partial charge in [-0.05, 0) is 24.1 Å². The van der Waals surface area contributed by atoms with Crippen LogP contribution in [0.5, 0.6) is 0 Å². The molecule has 2 rings (SSSR count). The van der Waals surface area contributed by atoms with Gasteiger partial charge in [0.15, 0.2) is 0 Å². The Hall–Kier alpha value is -2.36. The van der Waals surface area contributed by atoms with Gasteiger partial charge < -0.3 is 10.6 Å². The molecule has 0 aliphatic rings. The maximum Gasteiger partial charge on any atom is 0.315 e. The highest BCUT2D eigenvalue weighted by Gasteiger charge is 2.08. The van der Waals surface area contributed by atoms with Crippen LogP contribution in [-0.4, -0.2) is 11.0 Å². The molecule has 2 amide bonds. The molecule has 0 spiro atoms. The van der Waals surface area contributed by atoms with Crippen molar-refractivity contribution in [1.82, 2.24) is 15.6 Å². The Labute approximate surface area is 112 Å². The second-order valence-electron chi connectivity index (χ2n) is 4.32. The molecule has 0 saturated heterocycles. The van der Waals surface area contributed by atoms with Crippen LogP contribution in [0.4, 0.5) is 4.79 Å². The molecular formula is C15H17N3O. The number of carbonyl (C=O) groups is 1. The van der Waals surface area contributed by atoms with E-state index in [1.807, 2.05) is 49.4 Å². The minimum Gasteiger partial charge on any atom is -0.334 e. The van der Waals surface area contributed by atoms with Crippen molar-refractivity contribution in [3.63, 3.8) is 0 Å². The van der Waals surface area contributed by atoms with E-state index in [9.17, 15) is 4.79 Å². The van der Waals surface area contributed by atoms with E-state index in [1.165, 1.54) is 0 Å². The van der Waals surface area contributed by atoms with Crippen LogP contribution in [0.2, 0.25) is 0 Å². The fourth-order valence-electron chi connectivity index (χ4n) is 1.76. The number of carbonyl (C=O) groups excluding carboxylic acids is 1. The minimum absolute atomic E-state index is 0.0184. The topological polar surface area (TPSA) is 54.0 Å². The molecule has 2 aromatic rings. The molecule has 0 saturated carbocycles. The van der Waals surface area contributed by atoms with E-state index in [1.54, 1.807) is 12.4 Å². The molecule has 98 valence electrons. The first kappa shape index (κ1) is 13.1. The predicted molar refractivity (Wildman–Crippen MR) is 74.5 cm³/mol. The lowest BCUT2D eigenvalue weighted by molar-refractivity contribution is 0.237. The summed E-state index contributed by atoms with van der Waals surface area (Å²) >= 11 is 0. The summed E-state index contributed by atoms with van der Waals surface area (Å²) in [5.41, 5.74) is 2.06. The summed E-state index contributed by atoms with van der Waals surface area (Å²) in [7, 11) is 0. The molecule has 2 N–H and O–H groups in total. The zero-order chi connectivity index (χ0) is 13.5. The summed E-state index contributed by atoms with van der Waals surface area (Å²) in [4.78, 5) is 15.8. The average molecular weight is 255 g/mol. The van der Waals surface area contributed by atoms with Gasteiger partial charge in [-0.1, -0.05) is 36.4 Å². The molecule has 0 unspecified atom stereocenters. The van der Waals surface area contributed by atoms with E-state index in [2.05, 4.69) is 15.6 Å². The normalized spacial score (nSPS) is 11.6. The van der Waals surface area contributed by atoms with Crippen molar-refractivity contribution in [2.75, 3.05) is 0 Å². The number of nitrogens with zero attached hydrogens (tertiary/aromatic N) is 1. The number of amides is 2. The molecule has 4 heteroatoms. The molecule has 0 bridgehead atoms. The molecule has 1 heterocycles. The summed E-state index contributed by atoms with van der Waals surface area (Å²) in [5.74, 6) is 0. The Morgan fingerprint density at radius 2 is 2.00 bits per heavy atom. The highest BCUT2D eigenvalue weighted by atomic mass is 16.2. The lowest BCUT2D eigenvalue weighted by Gasteiger charge is -2.14. The van der Waals surface area contributed by atoms with Crippen molar-refractivity contribution in [2.24, 2.45) is 0 Å². The van der Waals surface area contributed by atoms with E-state index in [0.717, 1.165) is 11.1 Å². The summed E-state index contributed by atoms with van der Waals surface area (Å²) in [5, 5.41) is 5.71. The second kappa shape index (κ2) is 6.54. The summed E-state index contributed by atoms with van der Waals surface area (Å²) < 4.78 is 0. The lowest BCUT2D eigenvalue weighted by Crippen LogP contribution is -2.36. The molecule has 19 heavy (non-hydrogen) atoms. The van der Waals surface area contributed by atoms with Crippen molar-refractivity contribution in [2.45, 2.75) is 19.5 Å². The quantitative estimate of drug-likeness (QED) is 0.882. The number of urea groups is 1. The zero-order valence-corrected chi connectivity index (χ0v) is 10.8. The van der Waals surface area contributed by atoms with Gasteiger partial charge in [0, 0.05) is 18.9 Å². The first-order valence-corrected chi connectivity index (χ1v) is 6.24. The van der Waals surface area contributed by atoms with Gasteiger partial charge in [-0.2, -0.15) is 0 Å². The average Bonchev–Trinajstić information content (AvgIpc) is 2.47. The van der Waals surface area contributed by atoms with Gasteiger partial charge in [-0.25, -0.2) is 4.79 Å². The number of hydrogen-bond acceptors (Lipinski definition) is 2. The van der Waals surface area contributed by atoms with Gasteiger partial charge >= 0.3 is 6.03 Å². The van der Waals surface area contributed by atoms with E-state index < -0.39 is 0 Å². The Morgan fingerprint density at radius 1 is 1.21 bits per heavy atom. The molecular weight excluding hydrogens is 238 g/mol. The van der Waals surface area contributed by atoms with E-state index in [-0.39, 0.29) is 12.1 Å². The van der Waals surface area contributed by atoms with Gasteiger partial charge in [0.25, 0.3) is 0 Å². The summed E-state index contributed by atoms with van der Waals surface area (Å²) in [6.07, 6.45) is 3.45. The third-order valence-electron chi connectivity index (χ3n) is 2.82. The fraction of sp³-hybridized carbons (Fsp3) is 0.200. The van der Waals surface area contributed by atoms with Gasteiger partial charge in [0.2, 0.25) is 0 Å². The third kappa shape index (κ3) is 4.10. The van der Waals surface area contributed by atoms with Crippen LogP contribution in [0.3, 0.4) is 0 Å². The molecule has 0 fully saturated rings. The molecule has 4 nitrogen and oxygen atoms in total. The van der Waals surface area contributed by atoms with Crippen LogP contribution in [-0.2, 0) is 6.54 Å². The third-order valence-corrected chi connectivity index (χ3v) is 2.82. The van der Waals surface area contributed by atoms with Crippen LogP contribution >= 0.6 is 0 Å². The Bertz CT molecular complexity index is 513. The Kier molecular flexibility index (Phi) is 4.50. The predicted octanol–water partition coefficient (Wildman–Crippen LogP) is 2.64. The van der Waals surface area contributed by atoms with Crippen LogP contribution in [0.1, 0.15) is 24.1 Å². The minimum atomic E-state index is -0.180. The number of pyridine rings is 1. The zero-order valence-electron chi connectivity index (χ0n) is 10.8. The number of benzene rings is 1. The summed E-state index contributed by atoms with van der Waals surface area (Å²) in [6.45, 7) is 2.43. The fourth-order valence-corrected chi connectivity index (χ4v) is 1.76.